The van der Waals surface area contributed by atoms with E-state index in [1.807, 2.05) is 0 Å². The molecule has 0 aliphatic carbocycles. The van der Waals surface area contributed by atoms with Gasteiger partial charge in [0, 0.05) is 5.56 Å². The van der Waals surface area contributed by atoms with Gasteiger partial charge in [-0.05, 0) is 12.1 Å². The van der Waals surface area contributed by atoms with Crippen LogP contribution in [0.4, 0.5) is 5.82 Å². The first-order valence-corrected chi connectivity index (χ1v) is 6.84. The summed E-state index contributed by atoms with van der Waals surface area (Å²) in [5.74, 6) is 1.40. The zero-order chi connectivity index (χ0) is 14.2. The van der Waals surface area contributed by atoms with Gasteiger partial charge in [-0.25, -0.2) is 9.89 Å². The van der Waals surface area contributed by atoms with Gasteiger partial charge in [-0.3, -0.25) is 0 Å². The first-order valence-electron chi connectivity index (χ1n) is 5.85. The summed E-state index contributed by atoms with van der Waals surface area (Å²) in [4.78, 5) is 14.9. The number of ether oxygens (including phenoxy) is 1. The molecule has 7 nitrogen and oxygen atoms in total. The van der Waals surface area contributed by atoms with Crippen molar-refractivity contribution in [2.45, 2.75) is 10.8 Å². The van der Waals surface area contributed by atoms with E-state index >= 15 is 0 Å². The van der Waals surface area contributed by atoms with Crippen LogP contribution in [0.5, 0.6) is 5.75 Å². The number of rotatable bonds is 2. The van der Waals surface area contributed by atoms with Crippen LogP contribution in [-0.2, 0) is 5.72 Å². The van der Waals surface area contributed by atoms with Crippen molar-refractivity contribution < 1.29 is 9.84 Å². The Morgan fingerprint density at radius 3 is 2.85 bits per heavy atom. The highest BCUT2D eigenvalue weighted by molar-refractivity contribution is 7.99. The maximum atomic E-state index is 11.1. The molecule has 0 saturated heterocycles. The van der Waals surface area contributed by atoms with Gasteiger partial charge in [0.15, 0.2) is 11.5 Å². The van der Waals surface area contributed by atoms with Crippen molar-refractivity contribution in [1.82, 2.24) is 15.2 Å². The lowest BCUT2D eigenvalue weighted by atomic mass is 10.0. The standard InChI is InChI=1S/C12H12N4O3S/c1-19-8-4-2-7(3-5-8)12(18)6-20-10-9(14-12)15-16-11(17)13-10/h2-5,18H,6H2,1H3,(H,14,15)(H,13,16,17). The second-order valence-electron chi connectivity index (χ2n) is 4.30. The van der Waals surface area contributed by atoms with Crippen molar-refractivity contribution in [1.29, 1.82) is 0 Å². The lowest BCUT2D eigenvalue weighted by Gasteiger charge is -2.33. The average Bonchev–Trinajstić information content (AvgIpc) is 2.48. The van der Waals surface area contributed by atoms with Crippen molar-refractivity contribution >= 4 is 17.6 Å². The lowest BCUT2D eigenvalue weighted by Crippen LogP contribution is -2.41. The number of H-pyrrole nitrogens is 1. The largest absolute Gasteiger partial charge is 0.497 e. The molecule has 1 aromatic heterocycles. The monoisotopic (exact) mass is 292 g/mol. The molecule has 1 aliphatic rings. The summed E-state index contributed by atoms with van der Waals surface area (Å²) in [5, 5.41) is 20.2. The smallest absolute Gasteiger partial charge is 0.362 e. The summed E-state index contributed by atoms with van der Waals surface area (Å²) in [5.41, 5.74) is -1.09. The van der Waals surface area contributed by atoms with E-state index in [0.717, 1.165) is 0 Å². The number of aliphatic hydroxyl groups is 1. The fourth-order valence-corrected chi connectivity index (χ4v) is 2.90. The normalized spacial score (nSPS) is 20.9. The number of aromatic amines is 1. The molecular formula is C12H12N4O3S. The molecule has 3 rings (SSSR count). The maximum Gasteiger partial charge on any atom is 0.362 e. The first-order chi connectivity index (χ1) is 9.60. The van der Waals surface area contributed by atoms with Crippen LogP contribution in [0.1, 0.15) is 5.56 Å². The van der Waals surface area contributed by atoms with Crippen molar-refractivity contribution in [3.05, 3.63) is 40.3 Å². The Labute approximate surface area is 118 Å². The van der Waals surface area contributed by atoms with Gasteiger partial charge >= 0.3 is 5.69 Å². The van der Waals surface area contributed by atoms with Crippen LogP contribution < -0.4 is 15.7 Å². The second-order valence-corrected chi connectivity index (χ2v) is 5.26. The zero-order valence-electron chi connectivity index (χ0n) is 10.6. The van der Waals surface area contributed by atoms with Gasteiger partial charge < -0.3 is 15.2 Å². The summed E-state index contributed by atoms with van der Waals surface area (Å²) in [6.07, 6.45) is 0. The molecule has 1 aliphatic heterocycles. The number of thioether (sulfide) groups is 1. The molecular weight excluding hydrogens is 280 g/mol. The molecule has 1 atom stereocenters. The molecule has 1 aromatic carbocycles. The molecule has 2 aromatic rings. The summed E-state index contributed by atoms with van der Waals surface area (Å²) >= 11 is 1.28. The van der Waals surface area contributed by atoms with Crippen LogP contribution in [0.25, 0.3) is 0 Å². The Morgan fingerprint density at radius 1 is 1.40 bits per heavy atom. The third-order valence-corrected chi connectivity index (χ3v) is 4.10. The van der Waals surface area contributed by atoms with Gasteiger partial charge in [0.05, 0.1) is 12.9 Å². The minimum absolute atomic E-state index is 0.324. The molecule has 104 valence electrons. The van der Waals surface area contributed by atoms with Gasteiger partial charge in [0.1, 0.15) is 10.8 Å². The van der Waals surface area contributed by atoms with E-state index in [9.17, 15) is 9.90 Å². The van der Waals surface area contributed by atoms with E-state index in [-0.39, 0.29) is 0 Å². The molecule has 0 bridgehead atoms. The van der Waals surface area contributed by atoms with Crippen LogP contribution in [0.2, 0.25) is 0 Å². The molecule has 8 heteroatoms. The van der Waals surface area contributed by atoms with Crippen LogP contribution in [0.3, 0.4) is 0 Å². The van der Waals surface area contributed by atoms with Crippen molar-refractivity contribution in [2.75, 3.05) is 18.2 Å². The number of nitrogens with one attached hydrogen (secondary N) is 2. The molecule has 0 amide bonds. The van der Waals surface area contributed by atoms with E-state index in [0.29, 0.717) is 27.9 Å². The van der Waals surface area contributed by atoms with E-state index in [1.54, 1.807) is 31.4 Å². The Balaban J connectivity index is 1.93. The highest BCUT2D eigenvalue weighted by Gasteiger charge is 2.35. The second kappa shape index (κ2) is 4.80. The number of hydrogen-bond acceptors (Lipinski definition) is 7. The number of anilines is 1. The molecule has 2 heterocycles. The predicted octanol–water partition coefficient (Wildman–Crippen LogP) is 0.536. The first kappa shape index (κ1) is 12.9. The lowest BCUT2D eigenvalue weighted by molar-refractivity contribution is 0.0915. The van der Waals surface area contributed by atoms with E-state index in [2.05, 4.69) is 20.5 Å². The van der Waals surface area contributed by atoms with Crippen molar-refractivity contribution in [2.24, 2.45) is 0 Å². The number of methoxy groups -OCH3 is 1. The average molecular weight is 292 g/mol. The predicted molar refractivity (Wildman–Crippen MR) is 73.9 cm³/mol. The zero-order valence-corrected chi connectivity index (χ0v) is 11.4. The molecule has 3 N–H and O–H groups in total. The highest BCUT2D eigenvalue weighted by atomic mass is 32.2. The molecule has 0 radical (unpaired) electrons. The Bertz CT molecular complexity index is 688. The fourth-order valence-electron chi connectivity index (χ4n) is 1.93. The van der Waals surface area contributed by atoms with E-state index in [4.69, 9.17) is 4.74 Å². The highest BCUT2D eigenvalue weighted by Crippen LogP contribution is 2.37. The van der Waals surface area contributed by atoms with Gasteiger partial charge in [-0.15, -0.1) is 0 Å². The topological polar surface area (TPSA) is 100 Å². The number of aromatic nitrogens is 3. The number of benzene rings is 1. The molecule has 20 heavy (non-hydrogen) atoms. The SMILES string of the molecule is COc1ccc(C2(O)CSc3nc(=O)[nH]nc3N2)cc1. The molecule has 0 saturated carbocycles. The van der Waals surface area contributed by atoms with Crippen LogP contribution in [0, 0.1) is 0 Å². The Hall–Kier alpha value is -2.06. The van der Waals surface area contributed by atoms with Crippen LogP contribution in [-0.4, -0.2) is 33.2 Å². The van der Waals surface area contributed by atoms with E-state index < -0.39 is 11.4 Å². The summed E-state index contributed by atoms with van der Waals surface area (Å²) in [7, 11) is 1.58. The van der Waals surface area contributed by atoms with Gasteiger partial charge in [0.2, 0.25) is 0 Å². The number of nitrogens with zero attached hydrogens (tertiary/aromatic N) is 2. The van der Waals surface area contributed by atoms with Crippen LogP contribution >= 0.6 is 11.8 Å². The molecule has 1 unspecified atom stereocenters. The summed E-state index contributed by atoms with van der Waals surface area (Å²) in [6.45, 7) is 0. The van der Waals surface area contributed by atoms with Gasteiger partial charge in [-0.1, -0.05) is 23.9 Å². The van der Waals surface area contributed by atoms with Gasteiger partial charge in [-0.2, -0.15) is 10.1 Å². The third kappa shape index (κ3) is 2.23. The van der Waals surface area contributed by atoms with Crippen molar-refractivity contribution in [3.63, 3.8) is 0 Å². The van der Waals surface area contributed by atoms with Crippen molar-refractivity contribution in [3.8, 4) is 5.75 Å². The minimum Gasteiger partial charge on any atom is -0.497 e. The minimum atomic E-state index is -1.27. The fraction of sp³-hybridized carbons (Fsp3) is 0.250. The number of fused-ring (bicyclic) bond motifs is 1. The summed E-state index contributed by atoms with van der Waals surface area (Å²) in [6, 6.07) is 7.09. The maximum absolute atomic E-state index is 11.1. The molecule has 0 fully saturated rings. The molecule has 0 spiro atoms. The van der Waals surface area contributed by atoms with E-state index in [1.165, 1.54) is 11.8 Å². The number of hydrogen-bond donors (Lipinski definition) is 3. The Kier molecular flexibility index (Phi) is 3.11. The summed E-state index contributed by atoms with van der Waals surface area (Å²) < 4.78 is 5.09. The quantitative estimate of drug-likeness (QED) is 0.742. The van der Waals surface area contributed by atoms with Gasteiger partial charge in [0.25, 0.3) is 0 Å². The third-order valence-electron chi connectivity index (χ3n) is 2.98. The Morgan fingerprint density at radius 2 is 2.15 bits per heavy atom. The van der Waals surface area contributed by atoms with Crippen LogP contribution in [0.15, 0.2) is 34.1 Å².